The van der Waals surface area contributed by atoms with Crippen LogP contribution >= 0.6 is 11.6 Å². The molecule has 0 unspecified atom stereocenters. The lowest BCUT2D eigenvalue weighted by molar-refractivity contribution is -0.121. The number of ether oxygens (including phenoxy) is 1. The number of carbonyl (C=O) groups excluding carboxylic acids is 1. The molecule has 1 aromatic carbocycles. The first kappa shape index (κ1) is 19.8. The van der Waals surface area contributed by atoms with Crippen molar-refractivity contribution in [3.8, 4) is 11.4 Å². The van der Waals surface area contributed by atoms with Crippen LogP contribution < -0.4 is 5.32 Å². The van der Waals surface area contributed by atoms with Gasteiger partial charge in [0.1, 0.15) is 0 Å². The summed E-state index contributed by atoms with van der Waals surface area (Å²) in [7, 11) is 0. The summed E-state index contributed by atoms with van der Waals surface area (Å²) in [5.41, 5.74) is 0.827. The van der Waals surface area contributed by atoms with Crippen LogP contribution in [-0.4, -0.2) is 59.3 Å². The molecule has 0 spiro atoms. The fraction of sp³-hybridized carbons (Fsp3) is 0.526. The summed E-state index contributed by atoms with van der Waals surface area (Å²) in [5, 5.41) is 7.55. The van der Waals surface area contributed by atoms with Crippen molar-refractivity contribution in [3.63, 3.8) is 0 Å². The molecule has 0 radical (unpaired) electrons. The highest BCUT2D eigenvalue weighted by atomic mass is 35.5. The molecule has 2 heterocycles. The van der Waals surface area contributed by atoms with Gasteiger partial charge in [-0.15, -0.1) is 0 Å². The molecule has 7 nitrogen and oxygen atoms in total. The summed E-state index contributed by atoms with van der Waals surface area (Å²) in [4.78, 5) is 18.7. The summed E-state index contributed by atoms with van der Waals surface area (Å²) < 4.78 is 10.9. The van der Waals surface area contributed by atoms with E-state index >= 15 is 0 Å². The molecule has 3 rings (SSSR count). The van der Waals surface area contributed by atoms with Crippen LogP contribution in [-0.2, 0) is 16.0 Å². The Hall–Kier alpha value is -1.96. The minimum Gasteiger partial charge on any atom is -0.373 e. The van der Waals surface area contributed by atoms with Crippen molar-refractivity contribution in [2.45, 2.75) is 38.9 Å². The molecular formula is C19H25ClN4O3. The van der Waals surface area contributed by atoms with Crippen LogP contribution in [0.15, 0.2) is 28.8 Å². The van der Waals surface area contributed by atoms with Gasteiger partial charge < -0.3 is 14.6 Å². The van der Waals surface area contributed by atoms with Crippen LogP contribution in [0.2, 0.25) is 5.02 Å². The number of carbonyl (C=O) groups is 1. The molecule has 1 N–H and O–H groups in total. The number of hydrogen-bond donors (Lipinski definition) is 1. The molecule has 27 heavy (non-hydrogen) atoms. The van der Waals surface area contributed by atoms with Crippen molar-refractivity contribution < 1.29 is 14.1 Å². The van der Waals surface area contributed by atoms with E-state index < -0.39 is 0 Å². The van der Waals surface area contributed by atoms with Crippen LogP contribution in [0.5, 0.6) is 0 Å². The number of rotatable bonds is 7. The van der Waals surface area contributed by atoms with Crippen LogP contribution in [0, 0.1) is 0 Å². The highest BCUT2D eigenvalue weighted by Gasteiger charge is 2.21. The molecule has 8 heteroatoms. The van der Waals surface area contributed by atoms with Crippen molar-refractivity contribution in [2.75, 3.05) is 26.2 Å². The average molecular weight is 393 g/mol. The molecule has 2 aromatic rings. The molecule has 1 aromatic heterocycles. The van der Waals surface area contributed by atoms with E-state index in [-0.39, 0.29) is 18.1 Å². The zero-order valence-electron chi connectivity index (χ0n) is 15.7. The summed E-state index contributed by atoms with van der Waals surface area (Å²) >= 11 is 5.88. The Morgan fingerprint density at radius 2 is 1.96 bits per heavy atom. The maximum atomic E-state index is 12.0. The Bertz CT molecular complexity index is 740. The van der Waals surface area contributed by atoms with Gasteiger partial charge in [-0.25, -0.2) is 0 Å². The number of halogens is 1. The molecular weight excluding hydrogens is 368 g/mol. The summed E-state index contributed by atoms with van der Waals surface area (Å²) in [6.07, 6.45) is 1.20. The van der Waals surface area contributed by atoms with Gasteiger partial charge in [0.05, 0.1) is 12.2 Å². The molecule has 1 aliphatic heterocycles. The van der Waals surface area contributed by atoms with Crippen molar-refractivity contribution in [3.05, 3.63) is 35.2 Å². The molecule has 1 saturated heterocycles. The van der Waals surface area contributed by atoms with E-state index in [2.05, 4.69) is 34.2 Å². The quantitative estimate of drug-likeness (QED) is 0.779. The zero-order chi connectivity index (χ0) is 19.2. The number of nitrogens with zero attached hydrogens (tertiary/aromatic N) is 3. The van der Waals surface area contributed by atoms with Gasteiger partial charge in [-0.3, -0.25) is 9.69 Å². The van der Waals surface area contributed by atoms with Gasteiger partial charge in [0.25, 0.3) is 0 Å². The Kier molecular flexibility index (Phi) is 6.82. The van der Waals surface area contributed by atoms with E-state index in [1.165, 1.54) is 0 Å². The molecule has 2 atom stereocenters. The standard InChI is InChI=1S/C19H25ClN4O3/c1-13-11-24(12-14(2)26-13)10-9-21-17(25)7-8-18-22-19(23-27-18)15-3-5-16(20)6-4-15/h3-6,13-14H,7-12H2,1-2H3,(H,21,25)/t13-,14-/m0/s1. The highest BCUT2D eigenvalue weighted by molar-refractivity contribution is 6.30. The second-order valence-electron chi connectivity index (χ2n) is 6.89. The number of morpholine rings is 1. The van der Waals surface area contributed by atoms with Crippen LogP contribution in [0.3, 0.4) is 0 Å². The van der Waals surface area contributed by atoms with Gasteiger partial charge in [-0.05, 0) is 38.1 Å². The molecule has 0 bridgehead atoms. The number of aromatic nitrogens is 2. The average Bonchev–Trinajstić information content (AvgIpc) is 3.09. The molecule has 0 saturated carbocycles. The first-order valence-corrected chi connectivity index (χ1v) is 9.60. The predicted octanol–water partition coefficient (Wildman–Crippen LogP) is 2.55. The fourth-order valence-corrected chi connectivity index (χ4v) is 3.33. The van der Waals surface area contributed by atoms with Crippen LogP contribution in [0.25, 0.3) is 11.4 Å². The summed E-state index contributed by atoms with van der Waals surface area (Å²) in [5.74, 6) is 0.930. The normalized spacial score (nSPS) is 20.6. The lowest BCUT2D eigenvalue weighted by Gasteiger charge is -2.35. The Morgan fingerprint density at radius 3 is 2.67 bits per heavy atom. The van der Waals surface area contributed by atoms with Gasteiger partial charge in [0, 0.05) is 49.6 Å². The second-order valence-corrected chi connectivity index (χ2v) is 7.32. The lowest BCUT2D eigenvalue weighted by Crippen LogP contribution is -2.47. The molecule has 1 fully saturated rings. The predicted molar refractivity (Wildman–Crippen MR) is 103 cm³/mol. The number of hydrogen-bond acceptors (Lipinski definition) is 6. The summed E-state index contributed by atoms with van der Waals surface area (Å²) in [6.45, 7) is 7.39. The zero-order valence-corrected chi connectivity index (χ0v) is 16.4. The third kappa shape index (κ3) is 6.02. The van der Waals surface area contributed by atoms with E-state index in [4.69, 9.17) is 20.9 Å². The maximum Gasteiger partial charge on any atom is 0.227 e. The monoisotopic (exact) mass is 392 g/mol. The first-order valence-electron chi connectivity index (χ1n) is 9.22. The number of aryl methyl sites for hydroxylation is 1. The molecule has 146 valence electrons. The van der Waals surface area contributed by atoms with Gasteiger partial charge in [-0.1, -0.05) is 16.8 Å². The topological polar surface area (TPSA) is 80.5 Å². The third-order valence-corrected chi connectivity index (χ3v) is 4.63. The van der Waals surface area contributed by atoms with Crippen molar-refractivity contribution in [1.29, 1.82) is 0 Å². The van der Waals surface area contributed by atoms with Crippen molar-refractivity contribution >= 4 is 17.5 Å². The Morgan fingerprint density at radius 1 is 1.26 bits per heavy atom. The summed E-state index contributed by atoms with van der Waals surface area (Å²) in [6, 6.07) is 7.21. The Balaban J connectivity index is 1.39. The van der Waals surface area contributed by atoms with Crippen LogP contribution in [0.1, 0.15) is 26.2 Å². The van der Waals surface area contributed by atoms with E-state index in [0.29, 0.717) is 36.1 Å². The van der Waals surface area contributed by atoms with Crippen molar-refractivity contribution in [1.82, 2.24) is 20.4 Å². The molecule has 1 aliphatic rings. The lowest BCUT2D eigenvalue weighted by atomic mass is 10.2. The minimum atomic E-state index is -0.0180. The van der Waals surface area contributed by atoms with E-state index in [1.807, 2.05) is 12.1 Å². The number of amides is 1. The van der Waals surface area contributed by atoms with Gasteiger partial charge in [0.15, 0.2) is 0 Å². The highest BCUT2D eigenvalue weighted by Crippen LogP contribution is 2.19. The van der Waals surface area contributed by atoms with Gasteiger partial charge >= 0.3 is 0 Å². The molecule has 0 aliphatic carbocycles. The Labute approximate surface area is 164 Å². The number of nitrogens with one attached hydrogen (secondary N) is 1. The van der Waals surface area contributed by atoms with Gasteiger partial charge in [0.2, 0.25) is 17.6 Å². The SMILES string of the molecule is C[C@H]1CN(CCNC(=O)CCc2nc(-c3ccc(Cl)cc3)no2)C[C@H](C)O1. The molecule has 1 amide bonds. The second kappa shape index (κ2) is 9.30. The smallest absolute Gasteiger partial charge is 0.227 e. The third-order valence-electron chi connectivity index (χ3n) is 4.38. The minimum absolute atomic E-state index is 0.0180. The van der Waals surface area contributed by atoms with E-state index in [9.17, 15) is 4.79 Å². The van der Waals surface area contributed by atoms with Crippen molar-refractivity contribution in [2.24, 2.45) is 0 Å². The van der Waals surface area contributed by atoms with Crippen LogP contribution in [0.4, 0.5) is 0 Å². The van der Waals surface area contributed by atoms with Gasteiger partial charge in [-0.2, -0.15) is 4.98 Å². The van der Waals surface area contributed by atoms with E-state index in [0.717, 1.165) is 25.2 Å². The van der Waals surface area contributed by atoms with E-state index in [1.54, 1.807) is 12.1 Å². The number of benzene rings is 1. The largest absolute Gasteiger partial charge is 0.373 e. The first-order chi connectivity index (χ1) is 13.0. The maximum absolute atomic E-state index is 12.0. The fourth-order valence-electron chi connectivity index (χ4n) is 3.20.